The first-order valence-corrected chi connectivity index (χ1v) is 12.5. The fraction of sp³-hybridized carbons (Fsp3) is 0.370. The molecule has 7 nitrogen and oxygen atoms in total. The molecule has 5 rings (SSSR count). The number of halogens is 4. The van der Waals surface area contributed by atoms with E-state index in [1.165, 1.54) is 5.56 Å². The number of carbonyl (C=O) groups excluding carboxylic acids is 1. The van der Waals surface area contributed by atoms with Gasteiger partial charge in [-0.3, -0.25) is 4.79 Å². The van der Waals surface area contributed by atoms with Gasteiger partial charge in [0.05, 0.1) is 11.1 Å². The molecule has 11 heteroatoms. The summed E-state index contributed by atoms with van der Waals surface area (Å²) in [6, 6.07) is 12.9. The molecule has 0 spiro atoms. The standard InChI is InChI=1S/C27H29ClN4O3.3ClH/c1-17-6-7-19(28)14-24(17)31-10-12-32(13-11-31)25-16-22(27(34)35)21-15-20(8-9-23(21)30-25)29-26(33)18-4-2-3-5-18;;;/h6-9,14-16,18H,2-5,10-13H2,1H3,(H,29,33)(H,34,35);3*1H. The highest BCUT2D eigenvalue weighted by Crippen LogP contribution is 2.30. The van der Waals surface area contributed by atoms with Crippen molar-refractivity contribution in [3.63, 3.8) is 0 Å². The molecule has 38 heavy (non-hydrogen) atoms. The molecule has 0 radical (unpaired) electrons. The monoisotopic (exact) mass is 600 g/mol. The van der Waals surface area contributed by atoms with E-state index in [2.05, 4.69) is 22.0 Å². The van der Waals surface area contributed by atoms with Crippen molar-refractivity contribution < 1.29 is 14.7 Å². The number of pyridine rings is 1. The summed E-state index contributed by atoms with van der Waals surface area (Å²) >= 11 is 6.21. The van der Waals surface area contributed by atoms with Gasteiger partial charge in [0.15, 0.2) is 0 Å². The maximum atomic E-state index is 12.5. The Labute approximate surface area is 246 Å². The normalized spacial score (nSPS) is 15.3. The summed E-state index contributed by atoms with van der Waals surface area (Å²) in [5.74, 6) is -0.304. The number of fused-ring (bicyclic) bond motifs is 1. The number of carboxylic acids is 1. The number of aromatic nitrogens is 1. The van der Waals surface area contributed by atoms with Crippen LogP contribution in [0.15, 0.2) is 42.5 Å². The fourth-order valence-corrected chi connectivity index (χ4v) is 5.33. The summed E-state index contributed by atoms with van der Waals surface area (Å²) in [6.45, 7) is 5.09. The lowest BCUT2D eigenvalue weighted by atomic mass is 10.1. The quantitative estimate of drug-likeness (QED) is 0.342. The van der Waals surface area contributed by atoms with Crippen molar-refractivity contribution in [3.05, 3.63) is 58.6 Å². The van der Waals surface area contributed by atoms with E-state index in [1.54, 1.807) is 24.3 Å². The number of rotatable bonds is 5. The summed E-state index contributed by atoms with van der Waals surface area (Å²) in [5.41, 5.74) is 3.71. The van der Waals surface area contributed by atoms with Crippen LogP contribution < -0.4 is 15.1 Å². The summed E-state index contributed by atoms with van der Waals surface area (Å²) in [6.07, 6.45) is 3.99. The Bertz CT molecular complexity index is 1290. The fourth-order valence-electron chi connectivity index (χ4n) is 5.16. The van der Waals surface area contributed by atoms with Crippen molar-refractivity contribution in [1.29, 1.82) is 0 Å². The number of carbonyl (C=O) groups is 2. The van der Waals surface area contributed by atoms with Gasteiger partial charge in [-0.25, -0.2) is 9.78 Å². The number of amides is 1. The highest BCUT2D eigenvalue weighted by Gasteiger charge is 2.24. The number of hydrogen-bond acceptors (Lipinski definition) is 5. The Balaban J connectivity index is 0.00000169. The van der Waals surface area contributed by atoms with Crippen LogP contribution in [0.25, 0.3) is 10.9 Å². The smallest absolute Gasteiger partial charge is 0.336 e. The molecule has 1 aliphatic carbocycles. The number of carboxylic acid groups (broad SMARTS) is 1. The zero-order valence-electron chi connectivity index (χ0n) is 21.0. The van der Waals surface area contributed by atoms with E-state index >= 15 is 0 Å². The molecule has 206 valence electrons. The number of benzene rings is 2. The highest BCUT2D eigenvalue weighted by atomic mass is 35.5. The molecule has 2 fully saturated rings. The Morgan fingerprint density at radius 3 is 2.26 bits per heavy atom. The van der Waals surface area contributed by atoms with Crippen LogP contribution >= 0.6 is 48.8 Å². The van der Waals surface area contributed by atoms with Crippen molar-refractivity contribution in [2.24, 2.45) is 5.92 Å². The van der Waals surface area contributed by atoms with Crippen molar-refractivity contribution in [1.82, 2.24) is 4.98 Å². The van der Waals surface area contributed by atoms with Gasteiger partial charge in [-0.15, -0.1) is 37.2 Å². The molecule has 3 aromatic rings. The van der Waals surface area contributed by atoms with E-state index in [-0.39, 0.29) is 54.6 Å². The molecule has 1 aromatic heterocycles. The average molecular weight is 602 g/mol. The molecule has 2 aliphatic rings. The molecule has 1 amide bonds. The Hall–Kier alpha value is -2.45. The lowest BCUT2D eigenvalue weighted by Gasteiger charge is -2.37. The number of nitrogens with zero attached hydrogens (tertiary/aromatic N) is 3. The van der Waals surface area contributed by atoms with Crippen LogP contribution in [0, 0.1) is 12.8 Å². The summed E-state index contributed by atoms with van der Waals surface area (Å²) in [4.78, 5) is 33.9. The molecular formula is C27H32Cl4N4O3. The number of piperazine rings is 1. The van der Waals surface area contributed by atoms with Crippen LogP contribution in [0.1, 0.15) is 41.6 Å². The van der Waals surface area contributed by atoms with Gasteiger partial charge in [0.1, 0.15) is 5.82 Å². The third-order valence-corrected chi connectivity index (χ3v) is 7.37. The first-order valence-electron chi connectivity index (χ1n) is 12.1. The zero-order valence-corrected chi connectivity index (χ0v) is 24.2. The van der Waals surface area contributed by atoms with Gasteiger partial charge in [-0.05, 0) is 61.7 Å². The Morgan fingerprint density at radius 2 is 1.61 bits per heavy atom. The first-order chi connectivity index (χ1) is 16.9. The second-order valence-electron chi connectivity index (χ2n) is 9.44. The van der Waals surface area contributed by atoms with E-state index in [0.29, 0.717) is 27.4 Å². The van der Waals surface area contributed by atoms with Crippen molar-refractivity contribution in [2.75, 3.05) is 41.3 Å². The van der Waals surface area contributed by atoms with E-state index in [0.717, 1.165) is 57.5 Å². The van der Waals surface area contributed by atoms with Gasteiger partial charge in [-0.2, -0.15) is 0 Å². The maximum Gasteiger partial charge on any atom is 0.336 e. The molecule has 2 aromatic carbocycles. The van der Waals surface area contributed by atoms with Gasteiger partial charge < -0.3 is 20.2 Å². The summed E-state index contributed by atoms with van der Waals surface area (Å²) in [5, 5.41) is 14.2. The number of nitrogens with one attached hydrogen (secondary N) is 1. The molecule has 1 aliphatic heterocycles. The molecule has 1 saturated carbocycles. The lowest BCUT2D eigenvalue weighted by Crippen LogP contribution is -2.47. The molecule has 2 N–H and O–H groups in total. The first kappa shape index (κ1) is 31.8. The van der Waals surface area contributed by atoms with E-state index in [1.807, 2.05) is 18.2 Å². The highest BCUT2D eigenvalue weighted by molar-refractivity contribution is 6.30. The second kappa shape index (κ2) is 13.6. The van der Waals surface area contributed by atoms with Gasteiger partial charge in [0, 0.05) is 53.9 Å². The summed E-state index contributed by atoms with van der Waals surface area (Å²) < 4.78 is 0. The molecule has 2 heterocycles. The number of anilines is 3. The maximum absolute atomic E-state index is 12.5. The van der Waals surface area contributed by atoms with E-state index in [9.17, 15) is 14.7 Å². The third kappa shape index (κ3) is 6.75. The van der Waals surface area contributed by atoms with Crippen LogP contribution in [0.2, 0.25) is 5.02 Å². The number of aryl methyl sites for hydroxylation is 1. The van der Waals surface area contributed by atoms with Crippen LogP contribution in [0.3, 0.4) is 0 Å². The van der Waals surface area contributed by atoms with Crippen LogP contribution in [0.4, 0.5) is 17.2 Å². The van der Waals surface area contributed by atoms with Gasteiger partial charge in [0.25, 0.3) is 0 Å². The lowest BCUT2D eigenvalue weighted by molar-refractivity contribution is -0.119. The predicted octanol–water partition coefficient (Wildman–Crippen LogP) is 6.62. The largest absolute Gasteiger partial charge is 0.478 e. The topological polar surface area (TPSA) is 85.8 Å². The van der Waals surface area contributed by atoms with Gasteiger partial charge in [-0.1, -0.05) is 30.5 Å². The zero-order chi connectivity index (χ0) is 24.5. The molecule has 0 unspecified atom stereocenters. The van der Waals surface area contributed by atoms with Gasteiger partial charge >= 0.3 is 5.97 Å². The van der Waals surface area contributed by atoms with E-state index in [4.69, 9.17) is 16.6 Å². The molecular weight excluding hydrogens is 570 g/mol. The number of aromatic carboxylic acids is 1. The SMILES string of the molecule is Cc1ccc(Cl)cc1N1CCN(c2cc(C(=O)O)c3cc(NC(=O)C4CCCC4)ccc3n2)CC1.Cl.Cl.Cl. The summed E-state index contributed by atoms with van der Waals surface area (Å²) in [7, 11) is 0. The van der Waals surface area contributed by atoms with Gasteiger partial charge in [0.2, 0.25) is 5.91 Å². The van der Waals surface area contributed by atoms with Crippen molar-refractivity contribution >= 4 is 88.8 Å². The van der Waals surface area contributed by atoms with Crippen molar-refractivity contribution in [2.45, 2.75) is 32.6 Å². The Morgan fingerprint density at radius 1 is 0.947 bits per heavy atom. The minimum atomic E-state index is -1.01. The van der Waals surface area contributed by atoms with Crippen molar-refractivity contribution in [3.8, 4) is 0 Å². The molecule has 0 atom stereocenters. The average Bonchev–Trinajstić information content (AvgIpc) is 3.40. The van der Waals surface area contributed by atoms with Crippen LogP contribution in [-0.4, -0.2) is 48.1 Å². The molecule has 0 bridgehead atoms. The second-order valence-corrected chi connectivity index (χ2v) is 9.88. The van der Waals surface area contributed by atoms with E-state index < -0.39 is 5.97 Å². The minimum absolute atomic E-state index is 0. The molecule has 1 saturated heterocycles. The Kier molecular flexibility index (Phi) is 11.3. The van der Waals surface area contributed by atoms with Crippen LogP contribution in [0.5, 0.6) is 0 Å². The van der Waals surface area contributed by atoms with Crippen LogP contribution in [-0.2, 0) is 4.79 Å². The number of hydrogen-bond donors (Lipinski definition) is 2. The third-order valence-electron chi connectivity index (χ3n) is 7.13. The minimum Gasteiger partial charge on any atom is -0.478 e. The predicted molar refractivity (Wildman–Crippen MR) is 162 cm³/mol.